The standard InChI is InChI=1S/C14H18N2S2/c1-11(7-8-15)17-9-13-10-18-14(16-13)12-5-3-2-4-6-12/h2-6,10-11H,7-9,15H2,1H3. The Morgan fingerprint density at radius 1 is 1.33 bits per heavy atom. The second-order valence-electron chi connectivity index (χ2n) is 4.21. The van der Waals surface area contributed by atoms with Crippen LogP contribution in [0.4, 0.5) is 0 Å². The van der Waals surface area contributed by atoms with Crippen molar-refractivity contribution in [3.63, 3.8) is 0 Å². The molecule has 1 atom stereocenters. The quantitative estimate of drug-likeness (QED) is 0.874. The van der Waals surface area contributed by atoms with E-state index in [1.807, 2.05) is 17.8 Å². The van der Waals surface area contributed by atoms with E-state index in [-0.39, 0.29) is 0 Å². The monoisotopic (exact) mass is 278 g/mol. The van der Waals surface area contributed by atoms with Gasteiger partial charge in [0, 0.05) is 21.9 Å². The third-order valence-corrected chi connectivity index (χ3v) is 4.87. The zero-order valence-corrected chi connectivity index (χ0v) is 12.1. The van der Waals surface area contributed by atoms with Crippen LogP contribution in [0.5, 0.6) is 0 Å². The molecule has 96 valence electrons. The number of rotatable bonds is 6. The summed E-state index contributed by atoms with van der Waals surface area (Å²) in [6, 6.07) is 10.3. The molecule has 0 bridgehead atoms. The highest BCUT2D eigenvalue weighted by atomic mass is 32.2. The summed E-state index contributed by atoms with van der Waals surface area (Å²) >= 11 is 3.65. The zero-order chi connectivity index (χ0) is 12.8. The largest absolute Gasteiger partial charge is 0.330 e. The van der Waals surface area contributed by atoms with Gasteiger partial charge in [0.25, 0.3) is 0 Å². The van der Waals surface area contributed by atoms with Crippen LogP contribution < -0.4 is 5.73 Å². The first-order chi connectivity index (χ1) is 8.79. The fourth-order valence-electron chi connectivity index (χ4n) is 1.63. The fraction of sp³-hybridized carbons (Fsp3) is 0.357. The molecule has 0 aliphatic carbocycles. The molecular weight excluding hydrogens is 260 g/mol. The third kappa shape index (κ3) is 3.83. The van der Waals surface area contributed by atoms with Crippen molar-refractivity contribution in [2.45, 2.75) is 24.3 Å². The fourth-order valence-corrected chi connectivity index (χ4v) is 3.47. The maximum absolute atomic E-state index is 5.55. The summed E-state index contributed by atoms with van der Waals surface area (Å²) in [4.78, 5) is 4.68. The Morgan fingerprint density at radius 3 is 2.83 bits per heavy atom. The number of thiazole rings is 1. The summed E-state index contributed by atoms with van der Waals surface area (Å²) < 4.78 is 0. The second-order valence-corrected chi connectivity index (χ2v) is 6.49. The number of hydrogen-bond acceptors (Lipinski definition) is 4. The van der Waals surface area contributed by atoms with E-state index in [2.05, 4.69) is 41.6 Å². The molecule has 2 rings (SSSR count). The first-order valence-electron chi connectivity index (χ1n) is 6.11. The van der Waals surface area contributed by atoms with Crippen molar-refractivity contribution >= 4 is 23.1 Å². The molecule has 18 heavy (non-hydrogen) atoms. The lowest BCUT2D eigenvalue weighted by Crippen LogP contribution is -2.07. The SMILES string of the molecule is CC(CCN)SCc1csc(-c2ccccc2)n1. The van der Waals surface area contributed by atoms with Gasteiger partial charge in [-0.05, 0) is 13.0 Å². The van der Waals surface area contributed by atoms with Gasteiger partial charge in [0.15, 0.2) is 0 Å². The molecule has 0 aliphatic heterocycles. The Balaban J connectivity index is 1.95. The lowest BCUT2D eigenvalue weighted by Gasteiger charge is -2.07. The van der Waals surface area contributed by atoms with Crippen LogP contribution in [0.3, 0.4) is 0 Å². The van der Waals surface area contributed by atoms with Gasteiger partial charge in [0.2, 0.25) is 0 Å². The van der Waals surface area contributed by atoms with Crippen molar-refractivity contribution in [1.82, 2.24) is 4.98 Å². The minimum atomic E-state index is 0.608. The number of nitrogens with zero attached hydrogens (tertiary/aromatic N) is 1. The average molecular weight is 278 g/mol. The Kier molecular flexibility index (Phi) is 5.23. The molecule has 0 saturated carbocycles. The number of aromatic nitrogens is 1. The molecule has 2 nitrogen and oxygen atoms in total. The number of benzene rings is 1. The van der Waals surface area contributed by atoms with E-state index in [1.54, 1.807) is 11.3 Å². The van der Waals surface area contributed by atoms with E-state index in [4.69, 9.17) is 5.73 Å². The van der Waals surface area contributed by atoms with E-state index in [1.165, 1.54) is 11.3 Å². The minimum Gasteiger partial charge on any atom is -0.330 e. The van der Waals surface area contributed by atoms with Crippen molar-refractivity contribution in [3.8, 4) is 10.6 Å². The Labute approximate surface area is 117 Å². The van der Waals surface area contributed by atoms with Crippen LogP contribution >= 0.6 is 23.1 Å². The van der Waals surface area contributed by atoms with Crippen LogP contribution in [0.25, 0.3) is 10.6 Å². The molecule has 4 heteroatoms. The lowest BCUT2D eigenvalue weighted by atomic mass is 10.2. The maximum atomic E-state index is 5.55. The van der Waals surface area contributed by atoms with Gasteiger partial charge in [-0.2, -0.15) is 11.8 Å². The maximum Gasteiger partial charge on any atom is 0.123 e. The van der Waals surface area contributed by atoms with E-state index >= 15 is 0 Å². The molecular formula is C14H18N2S2. The number of hydrogen-bond donors (Lipinski definition) is 1. The van der Waals surface area contributed by atoms with Gasteiger partial charge >= 0.3 is 0 Å². The highest BCUT2D eigenvalue weighted by molar-refractivity contribution is 7.99. The summed E-state index contributed by atoms with van der Waals surface area (Å²) in [6.07, 6.45) is 1.07. The molecule has 0 radical (unpaired) electrons. The van der Waals surface area contributed by atoms with Gasteiger partial charge in [-0.15, -0.1) is 11.3 Å². The van der Waals surface area contributed by atoms with Crippen LogP contribution in [0.2, 0.25) is 0 Å². The molecule has 0 saturated heterocycles. The molecule has 2 N–H and O–H groups in total. The minimum absolute atomic E-state index is 0.608. The molecule has 0 amide bonds. The molecule has 1 unspecified atom stereocenters. The first kappa shape index (κ1) is 13.6. The smallest absolute Gasteiger partial charge is 0.123 e. The van der Waals surface area contributed by atoms with E-state index in [9.17, 15) is 0 Å². The molecule has 0 fully saturated rings. The van der Waals surface area contributed by atoms with Crippen LogP contribution in [0.15, 0.2) is 35.7 Å². The second kappa shape index (κ2) is 6.92. The topological polar surface area (TPSA) is 38.9 Å². The van der Waals surface area contributed by atoms with Crippen molar-refractivity contribution in [2.75, 3.05) is 6.54 Å². The van der Waals surface area contributed by atoms with Gasteiger partial charge in [0.05, 0.1) is 5.69 Å². The zero-order valence-electron chi connectivity index (χ0n) is 10.5. The van der Waals surface area contributed by atoms with E-state index in [0.29, 0.717) is 5.25 Å². The van der Waals surface area contributed by atoms with Crippen LogP contribution in [-0.4, -0.2) is 16.8 Å². The van der Waals surface area contributed by atoms with Crippen LogP contribution in [0.1, 0.15) is 19.0 Å². The van der Waals surface area contributed by atoms with Crippen molar-refractivity contribution < 1.29 is 0 Å². The summed E-state index contributed by atoms with van der Waals surface area (Å²) in [7, 11) is 0. The van der Waals surface area contributed by atoms with Crippen molar-refractivity contribution in [3.05, 3.63) is 41.4 Å². The predicted molar refractivity (Wildman–Crippen MR) is 82.0 cm³/mol. The van der Waals surface area contributed by atoms with Crippen molar-refractivity contribution in [2.24, 2.45) is 5.73 Å². The van der Waals surface area contributed by atoms with E-state index < -0.39 is 0 Å². The normalized spacial score (nSPS) is 12.6. The van der Waals surface area contributed by atoms with Gasteiger partial charge in [-0.3, -0.25) is 0 Å². The highest BCUT2D eigenvalue weighted by Gasteiger charge is 2.06. The van der Waals surface area contributed by atoms with Crippen LogP contribution in [-0.2, 0) is 5.75 Å². The molecule has 0 aliphatic rings. The van der Waals surface area contributed by atoms with Gasteiger partial charge < -0.3 is 5.73 Å². The predicted octanol–water partition coefficient (Wildman–Crippen LogP) is 3.78. The average Bonchev–Trinajstić information content (AvgIpc) is 2.87. The lowest BCUT2D eigenvalue weighted by molar-refractivity contribution is 0.822. The molecule has 1 aromatic carbocycles. The number of nitrogens with two attached hydrogens (primary N) is 1. The van der Waals surface area contributed by atoms with E-state index in [0.717, 1.165) is 23.7 Å². The Hall–Kier alpha value is -0.840. The van der Waals surface area contributed by atoms with Crippen molar-refractivity contribution in [1.29, 1.82) is 0 Å². The Bertz CT molecular complexity index is 468. The summed E-state index contributed by atoms with van der Waals surface area (Å²) in [5, 5.41) is 3.87. The summed E-state index contributed by atoms with van der Waals surface area (Å²) in [5.41, 5.74) is 7.93. The first-order valence-corrected chi connectivity index (χ1v) is 8.04. The van der Waals surface area contributed by atoms with Crippen LogP contribution in [0, 0.1) is 0 Å². The highest BCUT2D eigenvalue weighted by Crippen LogP contribution is 2.26. The Morgan fingerprint density at radius 2 is 2.11 bits per heavy atom. The molecule has 1 aromatic heterocycles. The molecule has 1 heterocycles. The third-order valence-electron chi connectivity index (χ3n) is 2.66. The van der Waals surface area contributed by atoms with Gasteiger partial charge in [0.1, 0.15) is 5.01 Å². The molecule has 0 spiro atoms. The summed E-state index contributed by atoms with van der Waals surface area (Å²) in [5.74, 6) is 0.977. The van der Waals surface area contributed by atoms with Gasteiger partial charge in [-0.1, -0.05) is 37.3 Å². The molecule has 2 aromatic rings. The van der Waals surface area contributed by atoms with Gasteiger partial charge in [-0.25, -0.2) is 4.98 Å². The number of thioether (sulfide) groups is 1. The summed E-state index contributed by atoms with van der Waals surface area (Å²) in [6.45, 7) is 2.99.